The van der Waals surface area contributed by atoms with Crippen LogP contribution in [0, 0.1) is 0 Å². The molecule has 74 valence electrons. The van der Waals surface area contributed by atoms with E-state index in [0.717, 1.165) is 11.6 Å². The number of carboxylic acid groups (broad SMARTS) is 1. The first kappa shape index (κ1) is 11.0. The Morgan fingerprint density at radius 2 is 2.00 bits per heavy atom. The largest absolute Gasteiger partial charge is 0.478 e. The lowest BCUT2D eigenvalue weighted by molar-refractivity contribution is -0.131. The van der Waals surface area contributed by atoms with Gasteiger partial charge in [-0.1, -0.05) is 40.2 Å². The highest BCUT2D eigenvalue weighted by molar-refractivity contribution is 9.09. The second kappa shape index (κ2) is 4.96. The summed E-state index contributed by atoms with van der Waals surface area (Å²) in [6, 6.07) is 7.74. The Morgan fingerprint density at radius 3 is 2.43 bits per heavy atom. The van der Waals surface area contributed by atoms with E-state index in [1.54, 1.807) is 6.08 Å². The Kier molecular flexibility index (Phi) is 3.89. The maximum atomic E-state index is 10.3. The first-order valence-electron chi connectivity index (χ1n) is 4.24. The number of aliphatic carboxylic acids is 1. The molecule has 0 saturated carbocycles. The zero-order valence-corrected chi connectivity index (χ0v) is 9.36. The SMILES string of the molecule is CC(Br)c1ccc(/C=C/C(=O)O)cc1. The molecule has 0 spiro atoms. The fourth-order valence-electron chi connectivity index (χ4n) is 1.04. The van der Waals surface area contributed by atoms with E-state index in [0.29, 0.717) is 4.83 Å². The smallest absolute Gasteiger partial charge is 0.328 e. The number of alkyl halides is 1. The van der Waals surface area contributed by atoms with E-state index >= 15 is 0 Å². The molecular weight excluding hydrogens is 244 g/mol. The second-order valence-electron chi connectivity index (χ2n) is 2.95. The molecule has 1 unspecified atom stereocenters. The van der Waals surface area contributed by atoms with Gasteiger partial charge in [-0.05, 0) is 24.1 Å². The van der Waals surface area contributed by atoms with Crippen molar-refractivity contribution < 1.29 is 9.90 Å². The molecule has 0 fully saturated rings. The van der Waals surface area contributed by atoms with E-state index in [1.165, 1.54) is 5.56 Å². The maximum absolute atomic E-state index is 10.3. The fourth-order valence-corrected chi connectivity index (χ4v) is 1.35. The number of carboxylic acids is 1. The highest BCUT2D eigenvalue weighted by atomic mass is 79.9. The van der Waals surface area contributed by atoms with Gasteiger partial charge in [0.25, 0.3) is 0 Å². The van der Waals surface area contributed by atoms with Gasteiger partial charge in [0, 0.05) is 10.9 Å². The molecule has 1 aromatic carbocycles. The van der Waals surface area contributed by atoms with E-state index < -0.39 is 5.97 Å². The van der Waals surface area contributed by atoms with Gasteiger partial charge in [0.15, 0.2) is 0 Å². The van der Waals surface area contributed by atoms with Crippen molar-refractivity contribution in [2.45, 2.75) is 11.8 Å². The summed E-state index contributed by atoms with van der Waals surface area (Å²) in [5.41, 5.74) is 2.07. The van der Waals surface area contributed by atoms with Gasteiger partial charge in [-0.3, -0.25) is 0 Å². The van der Waals surface area contributed by atoms with Crippen molar-refractivity contribution in [3.8, 4) is 0 Å². The number of rotatable bonds is 3. The lowest BCUT2D eigenvalue weighted by Crippen LogP contribution is -1.86. The molecular formula is C11H11BrO2. The van der Waals surface area contributed by atoms with Crippen LogP contribution in [0.3, 0.4) is 0 Å². The van der Waals surface area contributed by atoms with Crippen LogP contribution >= 0.6 is 15.9 Å². The molecule has 0 radical (unpaired) electrons. The lowest BCUT2D eigenvalue weighted by atomic mass is 10.1. The van der Waals surface area contributed by atoms with E-state index in [-0.39, 0.29) is 0 Å². The van der Waals surface area contributed by atoms with Crippen molar-refractivity contribution in [1.29, 1.82) is 0 Å². The molecule has 0 aliphatic heterocycles. The van der Waals surface area contributed by atoms with Crippen LogP contribution in [-0.2, 0) is 4.79 Å². The number of hydrogen-bond acceptors (Lipinski definition) is 1. The number of carbonyl (C=O) groups is 1. The first-order chi connectivity index (χ1) is 6.59. The molecule has 0 aliphatic rings. The van der Waals surface area contributed by atoms with Gasteiger partial charge < -0.3 is 5.11 Å². The van der Waals surface area contributed by atoms with Gasteiger partial charge >= 0.3 is 5.97 Å². The number of hydrogen-bond donors (Lipinski definition) is 1. The molecule has 1 N–H and O–H groups in total. The molecule has 0 aliphatic carbocycles. The minimum Gasteiger partial charge on any atom is -0.478 e. The standard InChI is InChI=1S/C11H11BrO2/c1-8(12)10-5-2-9(3-6-10)4-7-11(13)14/h2-8H,1H3,(H,13,14)/b7-4+. The third-order valence-electron chi connectivity index (χ3n) is 1.81. The van der Waals surface area contributed by atoms with Crippen molar-refractivity contribution in [2.75, 3.05) is 0 Å². The third kappa shape index (κ3) is 3.34. The van der Waals surface area contributed by atoms with Gasteiger partial charge in [0.2, 0.25) is 0 Å². The summed E-state index contributed by atoms with van der Waals surface area (Å²) in [5.74, 6) is -0.928. The molecule has 0 bridgehead atoms. The van der Waals surface area contributed by atoms with Gasteiger partial charge in [0.1, 0.15) is 0 Å². The molecule has 2 nitrogen and oxygen atoms in total. The minimum absolute atomic E-state index is 0.319. The maximum Gasteiger partial charge on any atom is 0.328 e. The Balaban J connectivity index is 2.78. The van der Waals surface area contributed by atoms with Crippen molar-refractivity contribution in [3.63, 3.8) is 0 Å². The van der Waals surface area contributed by atoms with Crippen molar-refractivity contribution in [2.24, 2.45) is 0 Å². The summed E-state index contributed by atoms with van der Waals surface area (Å²) >= 11 is 3.46. The Morgan fingerprint density at radius 1 is 1.43 bits per heavy atom. The Labute approximate surface area is 91.4 Å². The van der Waals surface area contributed by atoms with Crippen LogP contribution in [-0.4, -0.2) is 11.1 Å². The Hall–Kier alpha value is -1.09. The molecule has 3 heteroatoms. The van der Waals surface area contributed by atoms with Crippen LogP contribution in [0.25, 0.3) is 6.08 Å². The van der Waals surface area contributed by atoms with Gasteiger partial charge in [-0.2, -0.15) is 0 Å². The molecule has 1 rings (SSSR count). The quantitative estimate of drug-likeness (QED) is 0.665. The summed E-state index contributed by atoms with van der Waals surface area (Å²) in [6.45, 7) is 2.04. The van der Waals surface area contributed by atoms with Crippen LogP contribution in [0.2, 0.25) is 0 Å². The summed E-state index contributed by atoms with van der Waals surface area (Å²) in [4.78, 5) is 10.6. The zero-order valence-electron chi connectivity index (χ0n) is 7.77. The highest BCUT2D eigenvalue weighted by Crippen LogP contribution is 2.21. The average molecular weight is 255 g/mol. The predicted molar refractivity (Wildman–Crippen MR) is 60.5 cm³/mol. The van der Waals surface area contributed by atoms with Crippen LogP contribution < -0.4 is 0 Å². The van der Waals surface area contributed by atoms with Crippen LogP contribution in [0.15, 0.2) is 30.3 Å². The topological polar surface area (TPSA) is 37.3 Å². The highest BCUT2D eigenvalue weighted by Gasteiger charge is 1.98. The van der Waals surface area contributed by atoms with E-state index in [1.807, 2.05) is 31.2 Å². The van der Waals surface area contributed by atoms with Crippen molar-refractivity contribution in [3.05, 3.63) is 41.5 Å². The summed E-state index contributed by atoms with van der Waals surface area (Å²) in [7, 11) is 0. The molecule has 14 heavy (non-hydrogen) atoms. The van der Waals surface area contributed by atoms with Crippen molar-refractivity contribution >= 4 is 28.0 Å². The average Bonchev–Trinajstić information content (AvgIpc) is 2.15. The van der Waals surface area contributed by atoms with E-state index in [2.05, 4.69) is 15.9 Å². The Bertz CT molecular complexity index is 339. The first-order valence-corrected chi connectivity index (χ1v) is 5.16. The lowest BCUT2D eigenvalue weighted by Gasteiger charge is -2.02. The van der Waals surface area contributed by atoms with Gasteiger partial charge in [-0.25, -0.2) is 4.79 Å². The molecule has 0 saturated heterocycles. The summed E-state index contributed by atoms with van der Waals surface area (Å²) in [5, 5.41) is 8.42. The third-order valence-corrected chi connectivity index (χ3v) is 2.34. The number of benzene rings is 1. The fraction of sp³-hybridized carbons (Fsp3) is 0.182. The predicted octanol–water partition coefficient (Wildman–Crippen LogP) is 3.24. The van der Waals surface area contributed by atoms with Crippen LogP contribution in [0.4, 0.5) is 0 Å². The molecule has 0 amide bonds. The van der Waals surface area contributed by atoms with Gasteiger partial charge in [0.05, 0.1) is 0 Å². The zero-order chi connectivity index (χ0) is 10.6. The molecule has 0 aromatic heterocycles. The molecule has 1 aromatic rings. The van der Waals surface area contributed by atoms with Crippen LogP contribution in [0.5, 0.6) is 0 Å². The monoisotopic (exact) mass is 254 g/mol. The minimum atomic E-state index is -0.928. The molecule has 0 heterocycles. The molecule has 1 atom stereocenters. The van der Waals surface area contributed by atoms with Gasteiger partial charge in [-0.15, -0.1) is 0 Å². The van der Waals surface area contributed by atoms with Crippen LogP contribution in [0.1, 0.15) is 22.9 Å². The van der Waals surface area contributed by atoms with E-state index in [9.17, 15) is 4.79 Å². The summed E-state index contributed by atoms with van der Waals surface area (Å²) < 4.78 is 0. The number of halogens is 1. The van der Waals surface area contributed by atoms with Crippen molar-refractivity contribution in [1.82, 2.24) is 0 Å². The summed E-state index contributed by atoms with van der Waals surface area (Å²) in [6.07, 6.45) is 2.71. The normalized spacial score (nSPS) is 13.0. The van der Waals surface area contributed by atoms with E-state index in [4.69, 9.17) is 5.11 Å². The second-order valence-corrected chi connectivity index (χ2v) is 4.33.